The number of rotatable bonds is 5. The van der Waals surface area contributed by atoms with Gasteiger partial charge >= 0.3 is 0 Å². The fraction of sp³-hybridized carbons (Fsp3) is 0.231. The number of nitrogens with one attached hydrogen (secondary N) is 1. The zero-order valence-corrected chi connectivity index (χ0v) is 10.5. The van der Waals surface area contributed by atoms with E-state index < -0.39 is 0 Å². The normalized spacial score (nSPS) is 10.4. The van der Waals surface area contributed by atoms with Gasteiger partial charge < -0.3 is 5.32 Å². The molecule has 1 aromatic carbocycles. The van der Waals surface area contributed by atoms with Crippen LogP contribution in [-0.4, -0.2) is 24.4 Å². The molecule has 2 rings (SSSR count). The van der Waals surface area contributed by atoms with Crippen LogP contribution in [0.15, 0.2) is 35.7 Å². The van der Waals surface area contributed by atoms with E-state index in [1.54, 1.807) is 7.05 Å². The lowest BCUT2D eigenvalue weighted by Gasteiger charge is -1.96. The third kappa shape index (κ3) is 3.22. The lowest BCUT2D eigenvalue weighted by Crippen LogP contribution is -2.19. The zero-order chi connectivity index (χ0) is 12.1. The fourth-order valence-corrected chi connectivity index (χ4v) is 2.39. The summed E-state index contributed by atoms with van der Waals surface area (Å²) in [5, 5.41) is 5.73. The Balaban J connectivity index is 2.09. The van der Waals surface area contributed by atoms with Crippen LogP contribution >= 0.6 is 11.3 Å². The second-order valence-electron chi connectivity index (χ2n) is 3.74. The SMILES string of the molecule is CNCC(=O)Cc1nc(-c2ccccc2)cs1. The topological polar surface area (TPSA) is 42.0 Å². The zero-order valence-electron chi connectivity index (χ0n) is 9.64. The molecule has 0 atom stereocenters. The Hall–Kier alpha value is -1.52. The van der Waals surface area contributed by atoms with Gasteiger partial charge in [0.2, 0.25) is 0 Å². The standard InChI is InChI=1S/C13H14N2OS/c1-14-8-11(16)7-13-15-12(9-17-13)10-5-3-2-4-6-10/h2-6,9,14H,7-8H2,1H3. The van der Waals surface area contributed by atoms with E-state index in [4.69, 9.17) is 0 Å². The van der Waals surface area contributed by atoms with Crippen molar-refractivity contribution in [3.63, 3.8) is 0 Å². The van der Waals surface area contributed by atoms with Crippen LogP contribution in [0.2, 0.25) is 0 Å². The molecule has 1 aromatic heterocycles. The molecule has 0 unspecified atom stereocenters. The first-order chi connectivity index (χ1) is 8.29. The Morgan fingerprint density at radius 3 is 2.82 bits per heavy atom. The summed E-state index contributed by atoms with van der Waals surface area (Å²) < 4.78 is 0. The molecule has 0 radical (unpaired) electrons. The Kier molecular flexibility index (Phi) is 4.01. The maximum atomic E-state index is 11.5. The number of nitrogens with zero attached hydrogens (tertiary/aromatic N) is 1. The molecule has 1 N–H and O–H groups in total. The van der Waals surface area contributed by atoms with Crippen LogP contribution in [0.4, 0.5) is 0 Å². The summed E-state index contributed by atoms with van der Waals surface area (Å²) in [6.07, 6.45) is 0.415. The van der Waals surface area contributed by atoms with Crippen molar-refractivity contribution < 1.29 is 4.79 Å². The molecular formula is C13H14N2OS. The van der Waals surface area contributed by atoms with Gasteiger partial charge in [-0.05, 0) is 7.05 Å². The summed E-state index contributed by atoms with van der Waals surface area (Å²) in [6.45, 7) is 0.403. The minimum atomic E-state index is 0.168. The molecule has 3 nitrogen and oxygen atoms in total. The van der Waals surface area contributed by atoms with E-state index in [2.05, 4.69) is 10.3 Å². The second-order valence-corrected chi connectivity index (χ2v) is 4.68. The number of likely N-dealkylation sites (N-methyl/N-ethyl adjacent to an activating group) is 1. The minimum absolute atomic E-state index is 0.168. The van der Waals surface area contributed by atoms with E-state index in [0.717, 1.165) is 16.3 Å². The first-order valence-electron chi connectivity index (χ1n) is 5.45. The molecule has 88 valence electrons. The number of Topliss-reactive ketones (excluding diaryl/α,β-unsaturated/α-hetero) is 1. The maximum Gasteiger partial charge on any atom is 0.153 e. The molecule has 2 aromatic rings. The van der Waals surface area contributed by atoms with E-state index in [9.17, 15) is 4.79 Å². The Morgan fingerprint density at radius 2 is 2.12 bits per heavy atom. The quantitative estimate of drug-likeness (QED) is 0.879. The summed E-state index contributed by atoms with van der Waals surface area (Å²) in [5.41, 5.74) is 2.04. The van der Waals surface area contributed by atoms with E-state index >= 15 is 0 Å². The molecule has 0 aliphatic heterocycles. The summed E-state index contributed by atoms with van der Waals surface area (Å²) in [6, 6.07) is 10.00. The summed E-state index contributed by atoms with van der Waals surface area (Å²) in [4.78, 5) is 15.9. The van der Waals surface area contributed by atoms with Crippen molar-refractivity contribution in [1.29, 1.82) is 0 Å². The molecule has 0 bridgehead atoms. The first-order valence-corrected chi connectivity index (χ1v) is 6.33. The number of carbonyl (C=O) groups excluding carboxylic acids is 1. The smallest absolute Gasteiger partial charge is 0.153 e. The van der Waals surface area contributed by atoms with Crippen LogP contribution in [0, 0.1) is 0 Å². The molecule has 0 aliphatic rings. The largest absolute Gasteiger partial charge is 0.313 e. The van der Waals surface area contributed by atoms with Gasteiger partial charge in [-0.2, -0.15) is 0 Å². The van der Waals surface area contributed by atoms with Gasteiger partial charge in [-0.25, -0.2) is 4.98 Å². The lowest BCUT2D eigenvalue weighted by atomic mass is 10.2. The summed E-state index contributed by atoms with van der Waals surface area (Å²) >= 11 is 1.54. The van der Waals surface area contributed by atoms with Crippen molar-refractivity contribution in [3.8, 4) is 11.3 Å². The van der Waals surface area contributed by atoms with Crippen LogP contribution in [0.5, 0.6) is 0 Å². The van der Waals surface area contributed by atoms with Crippen LogP contribution < -0.4 is 5.32 Å². The molecule has 0 aliphatic carbocycles. The van der Waals surface area contributed by atoms with Crippen molar-refractivity contribution in [3.05, 3.63) is 40.7 Å². The molecule has 0 saturated carbocycles. The van der Waals surface area contributed by atoms with Gasteiger partial charge in [-0.1, -0.05) is 30.3 Å². The van der Waals surface area contributed by atoms with Crippen molar-refractivity contribution in [2.75, 3.05) is 13.6 Å². The van der Waals surface area contributed by atoms with Crippen LogP contribution in [0.25, 0.3) is 11.3 Å². The molecule has 4 heteroatoms. The average molecular weight is 246 g/mol. The highest BCUT2D eigenvalue weighted by atomic mass is 32.1. The van der Waals surface area contributed by atoms with Crippen LogP contribution in [-0.2, 0) is 11.2 Å². The van der Waals surface area contributed by atoms with Crippen LogP contribution in [0.1, 0.15) is 5.01 Å². The van der Waals surface area contributed by atoms with Gasteiger partial charge in [0.25, 0.3) is 0 Å². The highest BCUT2D eigenvalue weighted by Crippen LogP contribution is 2.21. The molecule has 0 amide bonds. The third-order valence-electron chi connectivity index (χ3n) is 2.34. The average Bonchev–Trinajstić information content (AvgIpc) is 2.79. The Morgan fingerprint density at radius 1 is 1.35 bits per heavy atom. The van der Waals surface area contributed by atoms with Crippen molar-refractivity contribution in [2.24, 2.45) is 0 Å². The van der Waals surface area contributed by atoms with E-state index in [-0.39, 0.29) is 5.78 Å². The predicted molar refractivity (Wildman–Crippen MR) is 70.2 cm³/mol. The summed E-state index contributed by atoms with van der Waals surface area (Å²) in [7, 11) is 1.77. The first kappa shape index (κ1) is 12.0. The van der Waals surface area contributed by atoms with Crippen LogP contribution in [0.3, 0.4) is 0 Å². The number of hydrogen-bond donors (Lipinski definition) is 1. The fourth-order valence-electron chi connectivity index (χ4n) is 1.56. The second kappa shape index (κ2) is 5.70. The highest BCUT2D eigenvalue weighted by Gasteiger charge is 2.08. The number of hydrogen-bond acceptors (Lipinski definition) is 4. The van der Waals surface area contributed by atoms with Gasteiger partial charge in [0.15, 0.2) is 5.78 Å². The monoisotopic (exact) mass is 246 g/mol. The third-order valence-corrected chi connectivity index (χ3v) is 3.19. The van der Waals surface area contributed by atoms with Crippen molar-refractivity contribution in [2.45, 2.75) is 6.42 Å². The van der Waals surface area contributed by atoms with Gasteiger partial charge in [0, 0.05) is 10.9 Å². The number of aromatic nitrogens is 1. The highest BCUT2D eigenvalue weighted by molar-refractivity contribution is 7.10. The number of ketones is 1. The van der Waals surface area contributed by atoms with Crippen molar-refractivity contribution >= 4 is 17.1 Å². The molecular weight excluding hydrogens is 232 g/mol. The molecule has 1 heterocycles. The van der Waals surface area contributed by atoms with Gasteiger partial charge in [-0.3, -0.25) is 4.79 Å². The van der Waals surface area contributed by atoms with Gasteiger partial charge in [0.05, 0.1) is 18.7 Å². The molecule has 0 spiro atoms. The van der Waals surface area contributed by atoms with Gasteiger partial charge in [-0.15, -0.1) is 11.3 Å². The lowest BCUT2D eigenvalue weighted by molar-refractivity contribution is -0.117. The van der Waals surface area contributed by atoms with E-state index in [1.807, 2.05) is 35.7 Å². The molecule has 0 fully saturated rings. The Labute approximate surface area is 105 Å². The van der Waals surface area contributed by atoms with Crippen molar-refractivity contribution in [1.82, 2.24) is 10.3 Å². The minimum Gasteiger partial charge on any atom is -0.313 e. The van der Waals surface area contributed by atoms with E-state index in [0.29, 0.717) is 13.0 Å². The number of carbonyl (C=O) groups is 1. The number of benzene rings is 1. The predicted octanol–water partition coefficient (Wildman–Crippen LogP) is 2.14. The molecule has 17 heavy (non-hydrogen) atoms. The maximum absolute atomic E-state index is 11.5. The summed E-state index contributed by atoms with van der Waals surface area (Å²) in [5.74, 6) is 0.168. The van der Waals surface area contributed by atoms with Gasteiger partial charge in [0.1, 0.15) is 5.01 Å². The Bertz CT molecular complexity index is 493. The number of thiazole rings is 1. The molecule has 0 saturated heterocycles. The van der Waals surface area contributed by atoms with E-state index in [1.165, 1.54) is 11.3 Å².